The summed E-state index contributed by atoms with van der Waals surface area (Å²) in [6, 6.07) is 13.7. The van der Waals surface area contributed by atoms with Crippen molar-refractivity contribution in [2.24, 2.45) is 7.05 Å². The first-order chi connectivity index (χ1) is 13.5. The monoisotopic (exact) mass is 396 g/mol. The number of thioether (sulfide) groups is 1. The number of aromatic nitrogens is 3. The van der Waals surface area contributed by atoms with E-state index in [1.807, 2.05) is 68.8 Å². The molecule has 0 aliphatic carbocycles. The number of nitrogens with zero attached hydrogens (tertiary/aromatic N) is 3. The maximum atomic E-state index is 12.3. The molecule has 0 radical (unpaired) electrons. The van der Waals surface area contributed by atoms with Crippen molar-refractivity contribution in [3.63, 3.8) is 0 Å². The van der Waals surface area contributed by atoms with Crippen LogP contribution in [0.1, 0.15) is 18.1 Å². The van der Waals surface area contributed by atoms with Gasteiger partial charge in [0.05, 0.1) is 17.9 Å². The normalized spacial score (nSPS) is 10.7. The lowest BCUT2D eigenvalue weighted by molar-refractivity contribution is -0.113. The minimum atomic E-state index is -0.0748. The van der Waals surface area contributed by atoms with E-state index in [0.717, 1.165) is 28.1 Å². The molecule has 0 aliphatic rings. The molecule has 0 spiro atoms. The van der Waals surface area contributed by atoms with Crippen LogP contribution in [0.2, 0.25) is 0 Å². The molecule has 3 aromatic rings. The second-order valence-electron chi connectivity index (χ2n) is 6.51. The van der Waals surface area contributed by atoms with Crippen LogP contribution in [0.4, 0.5) is 5.69 Å². The Hall–Kier alpha value is -2.80. The molecule has 0 aliphatic heterocycles. The molecule has 0 bridgehead atoms. The van der Waals surface area contributed by atoms with Gasteiger partial charge in [-0.1, -0.05) is 30.0 Å². The van der Waals surface area contributed by atoms with Crippen molar-refractivity contribution in [2.75, 3.05) is 17.7 Å². The van der Waals surface area contributed by atoms with Gasteiger partial charge in [-0.05, 0) is 56.2 Å². The molecule has 1 heterocycles. The van der Waals surface area contributed by atoms with Crippen LogP contribution in [-0.4, -0.2) is 33.0 Å². The number of para-hydroxylation sites is 1. The number of benzene rings is 2. The highest BCUT2D eigenvalue weighted by molar-refractivity contribution is 7.99. The van der Waals surface area contributed by atoms with Crippen LogP contribution in [0.25, 0.3) is 11.4 Å². The quantitative estimate of drug-likeness (QED) is 0.605. The molecular formula is C21H24N4O2S. The lowest BCUT2D eigenvalue weighted by atomic mass is 10.1. The molecule has 3 rings (SSSR count). The van der Waals surface area contributed by atoms with Gasteiger partial charge in [-0.15, -0.1) is 10.2 Å². The summed E-state index contributed by atoms with van der Waals surface area (Å²) < 4.78 is 7.57. The molecule has 28 heavy (non-hydrogen) atoms. The Morgan fingerprint density at radius 3 is 2.57 bits per heavy atom. The molecule has 1 aromatic heterocycles. The third-order valence-corrected chi connectivity index (χ3v) is 5.12. The maximum Gasteiger partial charge on any atom is 0.234 e. The highest BCUT2D eigenvalue weighted by Crippen LogP contribution is 2.30. The lowest BCUT2D eigenvalue weighted by Crippen LogP contribution is -2.14. The van der Waals surface area contributed by atoms with Gasteiger partial charge in [0.25, 0.3) is 0 Å². The van der Waals surface area contributed by atoms with Crippen molar-refractivity contribution >= 4 is 23.4 Å². The third-order valence-electron chi connectivity index (χ3n) is 4.10. The first-order valence-corrected chi connectivity index (χ1v) is 10.1. The second kappa shape index (κ2) is 8.93. The summed E-state index contributed by atoms with van der Waals surface area (Å²) in [5, 5.41) is 12.2. The molecule has 7 heteroatoms. The average molecular weight is 397 g/mol. The average Bonchev–Trinajstić information content (AvgIpc) is 3.00. The van der Waals surface area contributed by atoms with Gasteiger partial charge in [-0.25, -0.2) is 0 Å². The van der Waals surface area contributed by atoms with Crippen LogP contribution in [0.5, 0.6) is 5.75 Å². The van der Waals surface area contributed by atoms with Crippen LogP contribution in [0.3, 0.4) is 0 Å². The Balaban J connectivity index is 1.69. The van der Waals surface area contributed by atoms with Crippen LogP contribution >= 0.6 is 11.8 Å². The summed E-state index contributed by atoms with van der Waals surface area (Å²) in [6.45, 7) is 6.55. The van der Waals surface area contributed by atoms with E-state index < -0.39 is 0 Å². The standard InChI is InChI=1S/C21H24N4O2S/c1-5-27-18-9-7-6-8-17(18)20-23-24-21(25(20)4)28-13-19(26)22-16-11-14(2)10-15(3)12-16/h6-12H,5,13H2,1-4H3,(H,22,26). The topological polar surface area (TPSA) is 69.0 Å². The van der Waals surface area contributed by atoms with E-state index >= 15 is 0 Å². The van der Waals surface area contributed by atoms with E-state index in [0.29, 0.717) is 17.6 Å². The van der Waals surface area contributed by atoms with Gasteiger partial charge >= 0.3 is 0 Å². The number of amides is 1. The van der Waals surface area contributed by atoms with Crippen molar-refractivity contribution in [2.45, 2.75) is 25.9 Å². The largest absolute Gasteiger partial charge is 0.493 e. The van der Waals surface area contributed by atoms with E-state index in [2.05, 4.69) is 21.6 Å². The smallest absolute Gasteiger partial charge is 0.234 e. The first kappa shape index (κ1) is 19.9. The molecule has 0 saturated heterocycles. The summed E-state index contributed by atoms with van der Waals surface area (Å²) in [4.78, 5) is 12.3. The number of carbonyl (C=O) groups excluding carboxylic acids is 1. The fourth-order valence-electron chi connectivity index (χ4n) is 2.98. The van der Waals surface area contributed by atoms with Gasteiger partial charge in [0, 0.05) is 12.7 Å². The molecule has 0 unspecified atom stereocenters. The number of aryl methyl sites for hydroxylation is 2. The Kier molecular flexibility index (Phi) is 6.36. The van der Waals surface area contributed by atoms with Crippen molar-refractivity contribution < 1.29 is 9.53 Å². The molecule has 2 aromatic carbocycles. The fraction of sp³-hybridized carbons (Fsp3) is 0.286. The van der Waals surface area contributed by atoms with Gasteiger partial charge in [-0.3, -0.25) is 4.79 Å². The Morgan fingerprint density at radius 2 is 1.86 bits per heavy atom. The summed E-state index contributed by atoms with van der Waals surface area (Å²) >= 11 is 1.35. The summed E-state index contributed by atoms with van der Waals surface area (Å²) in [7, 11) is 1.89. The highest BCUT2D eigenvalue weighted by Gasteiger charge is 2.16. The number of hydrogen-bond acceptors (Lipinski definition) is 5. The van der Waals surface area contributed by atoms with Crippen molar-refractivity contribution in [3.8, 4) is 17.1 Å². The highest BCUT2D eigenvalue weighted by atomic mass is 32.2. The van der Waals surface area contributed by atoms with Gasteiger partial charge in [0.15, 0.2) is 11.0 Å². The zero-order valence-electron chi connectivity index (χ0n) is 16.5. The molecule has 1 amide bonds. The molecule has 0 saturated carbocycles. The first-order valence-electron chi connectivity index (χ1n) is 9.10. The molecule has 146 valence electrons. The molecule has 0 atom stereocenters. The van der Waals surface area contributed by atoms with Crippen LogP contribution in [-0.2, 0) is 11.8 Å². The van der Waals surface area contributed by atoms with E-state index in [9.17, 15) is 4.79 Å². The van der Waals surface area contributed by atoms with Crippen LogP contribution < -0.4 is 10.1 Å². The zero-order valence-corrected chi connectivity index (χ0v) is 17.3. The zero-order chi connectivity index (χ0) is 20.1. The maximum absolute atomic E-state index is 12.3. The predicted octanol–water partition coefficient (Wildman–Crippen LogP) is 4.23. The summed E-state index contributed by atoms with van der Waals surface area (Å²) in [5.74, 6) is 1.66. The van der Waals surface area contributed by atoms with Crippen molar-refractivity contribution in [1.82, 2.24) is 14.8 Å². The number of carbonyl (C=O) groups is 1. The van der Waals surface area contributed by atoms with E-state index in [4.69, 9.17) is 4.74 Å². The number of rotatable bonds is 7. The minimum absolute atomic E-state index is 0.0748. The van der Waals surface area contributed by atoms with Crippen molar-refractivity contribution in [3.05, 3.63) is 53.6 Å². The number of anilines is 1. The van der Waals surface area contributed by atoms with Gasteiger partial charge in [0.2, 0.25) is 5.91 Å². The van der Waals surface area contributed by atoms with E-state index in [1.54, 1.807) is 0 Å². The molecule has 1 N–H and O–H groups in total. The van der Waals surface area contributed by atoms with Gasteiger partial charge in [-0.2, -0.15) is 0 Å². The van der Waals surface area contributed by atoms with Crippen LogP contribution in [0.15, 0.2) is 47.6 Å². The Bertz CT molecular complexity index is 964. The third kappa shape index (κ3) is 4.72. The minimum Gasteiger partial charge on any atom is -0.493 e. The van der Waals surface area contributed by atoms with Gasteiger partial charge in [0.1, 0.15) is 5.75 Å². The van der Waals surface area contributed by atoms with Crippen LogP contribution in [0, 0.1) is 13.8 Å². The molecule has 6 nitrogen and oxygen atoms in total. The number of ether oxygens (including phenoxy) is 1. The number of nitrogens with one attached hydrogen (secondary N) is 1. The summed E-state index contributed by atoms with van der Waals surface area (Å²) in [6.07, 6.45) is 0. The van der Waals surface area contributed by atoms with Crippen molar-refractivity contribution in [1.29, 1.82) is 0 Å². The fourth-order valence-corrected chi connectivity index (χ4v) is 3.69. The van der Waals surface area contributed by atoms with E-state index in [1.165, 1.54) is 11.8 Å². The second-order valence-corrected chi connectivity index (χ2v) is 7.45. The SMILES string of the molecule is CCOc1ccccc1-c1nnc(SCC(=O)Nc2cc(C)cc(C)c2)n1C. The predicted molar refractivity (Wildman–Crippen MR) is 113 cm³/mol. The Labute approximate surface area is 169 Å². The van der Waals surface area contributed by atoms with Gasteiger partial charge < -0.3 is 14.6 Å². The molecule has 0 fully saturated rings. The van der Waals surface area contributed by atoms with E-state index in [-0.39, 0.29) is 11.7 Å². The number of hydrogen-bond donors (Lipinski definition) is 1. The summed E-state index contributed by atoms with van der Waals surface area (Å²) in [5.41, 5.74) is 3.93. The molecular weight excluding hydrogens is 372 g/mol. The lowest BCUT2D eigenvalue weighted by Gasteiger charge is -2.10. The Morgan fingerprint density at radius 1 is 1.14 bits per heavy atom.